The average molecular weight is 787 g/mol. The van der Waals surface area contributed by atoms with Gasteiger partial charge in [0, 0.05) is 40.7 Å². The zero-order valence-electron chi connectivity index (χ0n) is 31.0. The van der Waals surface area contributed by atoms with Crippen molar-refractivity contribution >= 4 is 44.8 Å². The number of aryl methyl sites for hydroxylation is 2. The Morgan fingerprint density at radius 3 is 2.35 bits per heavy atom. The summed E-state index contributed by atoms with van der Waals surface area (Å²) in [7, 11) is -1.85. The number of nitrogens with zero attached hydrogens (tertiary/aromatic N) is 2. The molecule has 0 aliphatic heterocycles. The molecule has 3 aromatic carbocycles. The Bertz CT molecular complexity index is 2100. The number of aromatic nitrogens is 2. The van der Waals surface area contributed by atoms with E-state index in [-0.39, 0.29) is 36.9 Å². The monoisotopic (exact) mass is 787 g/mol. The molecular formula is C37H37FIrN2SSi-2. The van der Waals surface area contributed by atoms with E-state index in [2.05, 4.69) is 68.6 Å². The van der Waals surface area contributed by atoms with Crippen molar-refractivity contribution in [1.29, 1.82) is 0 Å². The van der Waals surface area contributed by atoms with E-state index in [9.17, 15) is 4.39 Å². The third kappa shape index (κ3) is 7.21. The predicted octanol–water partition coefficient (Wildman–Crippen LogP) is 10.1. The third-order valence-electron chi connectivity index (χ3n) is 7.09. The van der Waals surface area contributed by atoms with E-state index in [1.54, 1.807) is 24.4 Å². The van der Waals surface area contributed by atoms with Crippen LogP contribution in [0.15, 0.2) is 79.1 Å². The smallest absolute Gasteiger partial charge is 0.140 e. The quantitative estimate of drug-likeness (QED) is 0.132. The Kier molecular flexibility index (Phi) is 7.60. The van der Waals surface area contributed by atoms with E-state index in [0.29, 0.717) is 21.5 Å². The fourth-order valence-corrected chi connectivity index (χ4v) is 7.28. The first-order valence-corrected chi connectivity index (χ1v) is 18.1. The van der Waals surface area contributed by atoms with Gasteiger partial charge in [-0.2, -0.15) is 11.3 Å². The van der Waals surface area contributed by atoms with Gasteiger partial charge in [-0.3, -0.25) is 0 Å². The van der Waals surface area contributed by atoms with Gasteiger partial charge in [0.25, 0.3) is 0 Å². The van der Waals surface area contributed by atoms with Gasteiger partial charge in [0.2, 0.25) is 0 Å². The van der Waals surface area contributed by atoms with Crippen molar-refractivity contribution in [2.45, 2.75) is 59.5 Å². The molecule has 2 nitrogen and oxygen atoms in total. The van der Waals surface area contributed by atoms with Gasteiger partial charge >= 0.3 is 0 Å². The second-order valence-electron chi connectivity index (χ2n) is 12.3. The molecule has 0 N–H and O–H groups in total. The van der Waals surface area contributed by atoms with Crippen LogP contribution in [0.2, 0.25) is 19.6 Å². The fourth-order valence-electron chi connectivity index (χ4n) is 4.74. The fraction of sp³-hybridized carbons (Fsp3) is 0.243. The minimum absolute atomic E-state index is 0. The molecule has 0 amide bonds. The van der Waals surface area contributed by atoms with Crippen molar-refractivity contribution in [1.82, 2.24) is 9.97 Å². The van der Waals surface area contributed by atoms with Crippen LogP contribution in [-0.4, -0.2) is 18.0 Å². The molecule has 0 spiro atoms. The van der Waals surface area contributed by atoms with Crippen LogP contribution < -0.4 is 5.19 Å². The molecule has 0 fully saturated rings. The van der Waals surface area contributed by atoms with Crippen LogP contribution >= 0.6 is 11.3 Å². The molecule has 6 heteroatoms. The Morgan fingerprint density at radius 1 is 0.884 bits per heavy atom. The minimum Gasteiger partial charge on any atom is -0.305 e. The number of fused-ring (bicyclic) bond motifs is 3. The van der Waals surface area contributed by atoms with Gasteiger partial charge < -0.3 is 9.97 Å². The summed E-state index contributed by atoms with van der Waals surface area (Å²) in [6.45, 7) is 8.39. The largest absolute Gasteiger partial charge is 0.305 e. The first-order valence-electron chi connectivity index (χ1n) is 16.8. The number of thiophene rings is 1. The standard InChI is InChI=1S/C21H17FNS.C16H20NSi.Ir/c1-21(2,3)13-10-11-23-18(12-13)16-8-4-6-14-15-7-5-9-17(22)20(15)24-19(14)16;1-12-6-8-14(9-7-12)15-10-13(2)16(11-17-15)18(3,4)5;/h4-7,9-12H,1-3H3;6-8,10-11H,1-5H3;/q2*-1;/i;1D3,2D3;. The Balaban J connectivity index is 0.000000216. The van der Waals surface area contributed by atoms with Crippen LogP contribution in [0.1, 0.15) is 45.7 Å². The first kappa shape index (κ1) is 25.3. The maximum atomic E-state index is 14.2. The van der Waals surface area contributed by atoms with E-state index >= 15 is 0 Å². The SMILES string of the molecule is CC(C)(C)c1ccnc(-c2[c-]ccc3c2sc2c(F)cccc23)c1.[2H]C([2H])([2H])c1c[c-]c(-c2cc(C([2H])([2H])[2H])c([Si](C)(C)C)cn2)cc1.[Ir]. The summed E-state index contributed by atoms with van der Waals surface area (Å²) in [5, 5.41) is 2.83. The van der Waals surface area contributed by atoms with Crippen molar-refractivity contribution in [2.24, 2.45) is 0 Å². The first-order chi connectivity index (χ1) is 22.2. The number of rotatable bonds is 3. The zero-order valence-corrected chi connectivity index (χ0v) is 29.2. The molecule has 0 atom stereocenters. The van der Waals surface area contributed by atoms with E-state index in [1.165, 1.54) is 35.1 Å². The molecule has 223 valence electrons. The topological polar surface area (TPSA) is 25.8 Å². The van der Waals surface area contributed by atoms with Crippen molar-refractivity contribution < 1.29 is 32.7 Å². The van der Waals surface area contributed by atoms with Crippen LogP contribution in [0.4, 0.5) is 4.39 Å². The molecule has 0 saturated heterocycles. The van der Waals surface area contributed by atoms with E-state index in [1.807, 2.05) is 30.5 Å². The summed E-state index contributed by atoms with van der Waals surface area (Å²) < 4.78 is 61.5. The molecule has 1 radical (unpaired) electrons. The van der Waals surface area contributed by atoms with E-state index < -0.39 is 21.8 Å². The molecule has 6 aromatic rings. The third-order valence-corrected chi connectivity index (χ3v) is 10.4. The summed E-state index contributed by atoms with van der Waals surface area (Å²) in [4.78, 5) is 8.94. The maximum absolute atomic E-state index is 14.2. The zero-order chi connectivity index (χ0) is 35.2. The second kappa shape index (κ2) is 12.9. The van der Waals surface area contributed by atoms with E-state index in [0.717, 1.165) is 31.9 Å². The number of hydrogen-bond donors (Lipinski definition) is 0. The van der Waals surface area contributed by atoms with Crippen molar-refractivity contribution in [3.8, 4) is 22.5 Å². The van der Waals surface area contributed by atoms with Crippen LogP contribution in [0.5, 0.6) is 0 Å². The molecule has 0 bridgehead atoms. The number of hydrogen-bond acceptors (Lipinski definition) is 3. The Morgan fingerprint density at radius 2 is 1.67 bits per heavy atom. The van der Waals surface area contributed by atoms with Gasteiger partial charge in [0.15, 0.2) is 0 Å². The molecule has 3 aromatic heterocycles. The summed E-state index contributed by atoms with van der Waals surface area (Å²) in [5.41, 5.74) is 4.69. The van der Waals surface area contributed by atoms with Crippen molar-refractivity contribution in [3.05, 3.63) is 114 Å². The molecule has 0 saturated carbocycles. The predicted molar refractivity (Wildman–Crippen MR) is 181 cm³/mol. The van der Waals surface area contributed by atoms with Gasteiger partial charge in [-0.15, -0.1) is 59.2 Å². The molecule has 0 aliphatic rings. The summed E-state index contributed by atoms with van der Waals surface area (Å²) in [6.07, 6.45) is 3.49. The van der Waals surface area contributed by atoms with Gasteiger partial charge in [0.1, 0.15) is 5.82 Å². The number of pyridine rings is 2. The van der Waals surface area contributed by atoms with Gasteiger partial charge in [0.05, 0.1) is 12.8 Å². The Hall–Kier alpha value is -3.02. The number of benzene rings is 3. The normalized spacial score (nSPS) is 14.3. The van der Waals surface area contributed by atoms with Gasteiger partial charge in [-0.25, -0.2) is 4.39 Å². The molecule has 0 aliphatic carbocycles. The summed E-state index contributed by atoms with van der Waals surface area (Å²) in [6, 6.07) is 25.6. The molecule has 0 unspecified atom stereocenters. The van der Waals surface area contributed by atoms with Crippen molar-refractivity contribution in [2.75, 3.05) is 0 Å². The number of halogens is 1. The molecule has 6 rings (SSSR count). The van der Waals surface area contributed by atoms with Crippen molar-refractivity contribution in [3.63, 3.8) is 0 Å². The van der Waals surface area contributed by atoms with Gasteiger partial charge in [-0.05, 0) is 56.6 Å². The van der Waals surface area contributed by atoms with Crippen LogP contribution in [0.3, 0.4) is 0 Å². The van der Waals surface area contributed by atoms with E-state index in [4.69, 9.17) is 8.22 Å². The maximum Gasteiger partial charge on any atom is 0.140 e. The van der Waals surface area contributed by atoms with Crippen LogP contribution in [-0.2, 0) is 25.5 Å². The van der Waals surface area contributed by atoms with Crippen LogP contribution in [0, 0.1) is 31.7 Å². The second-order valence-corrected chi connectivity index (χ2v) is 18.4. The Labute approximate surface area is 282 Å². The molecule has 3 heterocycles. The molecule has 43 heavy (non-hydrogen) atoms. The average Bonchev–Trinajstić information content (AvgIpc) is 3.40. The molecular weight excluding hydrogens is 744 g/mol. The van der Waals surface area contributed by atoms with Gasteiger partial charge in [-0.1, -0.05) is 82.5 Å². The van der Waals surface area contributed by atoms with Crippen LogP contribution in [0.25, 0.3) is 42.7 Å². The summed E-state index contributed by atoms with van der Waals surface area (Å²) in [5.74, 6) is -0.170. The summed E-state index contributed by atoms with van der Waals surface area (Å²) >= 11 is 1.48. The minimum atomic E-state index is -2.22.